The summed E-state index contributed by atoms with van der Waals surface area (Å²) in [5, 5.41) is 1.11. The topological polar surface area (TPSA) is 78.4 Å². The van der Waals surface area contributed by atoms with E-state index in [1.165, 1.54) is 0 Å². The third-order valence-electron chi connectivity index (χ3n) is 5.95. The Labute approximate surface area is 199 Å². The zero-order chi connectivity index (χ0) is 24.2. The molecule has 0 fully saturated rings. The van der Waals surface area contributed by atoms with Gasteiger partial charge in [0.2, 0.25) is 5.88 Å². The number of hydrogen-bond donors (Lipinski definition) is 1. The van der Waals surface area contributed by atoms with Gasteiger partial charge in [0, 0.05) is 35.2 Å². The molecule has 0 saturated heterocycles. The molecule has 2 aromatic carbocycles. The number of methoxy groups -OCH3 is 3. The number of para-hydroxylation sites is 1. The van der Waals surface area contributed by atoms with E-state index in [9.17, 15) is 4.79 Å². The van der Waals surface area contributed by atoms with Gasteiger partial charge >= 0.3 is 0 Å². The fraction of sp³-hybridized carbons (Fsp3) is 0.333. The second kappa shape index (κ2) is 10.0. The van der Waals surface area contributed by atoms with Gasteiger partial charge in [0.1, 0.15) is 17.2 Å². The summed E-state index contributed by atoms with van der Waals surface area (Å²) in [6, 6.07) is 13.7. The second-order valence-electron chi connectivity index (χ2n) is 8.72. The molecule has 0 radical (unpaired) electrons. The Balaban J connectivity index is 1.88. The van der Waals surface area contributed by atoms with Crippen molar-refractivity contribution in [3.05, 3.63) is 81.5 Å². The summed E-state index contributed by atoms with van der Waals surface area (Å²) in [4.78, 5) is 21.6. The predicted molar refractivity (Wildman–Crippen MR) is 133 cm³/mol. The van der Waals surface area contributed by atoms with Crippen LogP contribution in [0.4, 0.5) is 0 Å². The number of nitrogens with one attached hydrogen (secondary N) is 1. The Morgan fingerprint density at radius 2 is 1.79 bits per heavy atom. The van der Waals surface area contributed by atoms with Gasteiger partial charge in [-0.05, 0) is 36.1 Å². The zero-order valence-electron chi connectivity index (χ0n) is 20.3. The number of aromatic amines is 1. The first kappa shape index (κ1) is 23.4. The average Bonchev–Trinajstić information content (AvgIpc) is 3.25. The van der Waals surface area contributed by atoms with Crippen LogP contribution in [0.1, 0.15) is 36.4 Å². The SMILES string of the molecule is COc1ccc(Cn2c(Cc3c[nH]c4ccccc34)c(OC)nc(CC(C)C)c2=O)c(OC)c1. The van der Waals surface area contributed by atoms with E-state index in [1.54, 1.807) is 25.9 Å². The van der Waals surface area contributed by atoms with Crippen molar-refractivity contribution in [3.8, 4) is 17.4 Å². The van der Waals surface area contributed by atoms with Crippen molar-refractivity contribution in [3.63, 3.8) is 0 Å². The molecule has 2 aromatic heterocycles. The van der Waals surface area contributed by atoms with Crippen molar-refractivity contribution < 1.29 is 14.2 Å². The number of rotatable bonds is 9. The van der Waals surface area contributed by atoms with Gasteiger partial charge in [-0.15, -0.1) is 0 Å². The lowest BCUT2D eigenvalue weighted by Gasteiger charge is -2.19. The number of aromatic nitrogens is 3. The first-order valence-electron chi connectivity index (χ1n) is 11.4. The van der Waals surface area contributed by atoms with Crippen LogP contribution in [0.25, 0.3) is 10.9 Å². The zero-order valence-corrected chi connectivity index (χ0v) is 20.3. The minimum atomic E-state index is -0.109. The van der Waals surface area contributed by atoms with E-state index in [4.69, 9.17) is 14.2 Å². The highest BCUT2D eigenvalue weighted by Crippen LogP contribution is 2.28. The molecule has 1 N–H and O–H groups in total. The number of ether oxygens (including phenoxy) is 3. The van der Waals surface area contributed by atoms with Crippen LogP contribution in [0.3, 0.4) is 0 Å². The van der Waals surface area contributed by atoms with Gasteiger partial charge in [0.05, 0.1) is 33.6 Å². The summed E-state index contributed by atoms with van der Waals surface area (Å²) < 4.78 is 18.4. The highest BCUT2D eigenvalue weighted by molar-refractivity contribution is 5.83. The second-order valence-corrected chi connectivity index (χ2v) is 8.72. The van der Waals surface area contributed by atoms with Gasteiger partial charge in [0.25, 0.3) is 5.56 Å². The van der Waals surface area contributed by atoms with Crippen molar-refractivity contribution in [2.75, 3.05) is 21.3 Å². The van der Waals surface area contributed by atoms with E-state index in [2.05, 4.69) is 29.9 Å². The lowest BCUT2D eigenvalue weighted by molar-refractivity contribution is 0.377. The first-order chi connectivity index (χ1) is 16.4. The monoisotopic (exact) mass is 461 g/mol. The lowest BCUT2D eigenvalue weighted by Crippen LogP contribution is -2.30. The maximum atomic E-state index is 13.7. The van der Waals surface area contributed by atoms with Crippen LogP contribution in [0.5, 0.6) is 17.4 Å². The summed E-state index contributed by atoms with van der Waals surface area (Å²) in [7, 11) is 4.83. The minimum absolute atomic E-state index is 0.109. The van der Waals surface area contributed by atoms with Gasteiger partial charge in [-0.1, -0.05) is 32.0 Å². The van der Waals surface area contributed by atoms with Gasteiger partial charge in [-0.3, -0.25) is 4.79 Å². The molecule has 7 heteroatoms. The van der Waals surface area contributed by atoms with Crippen molar-refractivity contribution in [2.45, 2.75) is 33.2 Å². The molecule has 34 heavy (non-hydrogen) atoms. The standard InChI is InChI=1S/C27H31N3O4/c1-17(2)12-23-27(31)30(16-18-10-11-20(32-3)14-25(18)33-4)24(26(29-23)34-5)13-19-15-28-22-9-7-6-8-21(19)22/h6-11,14-15,17,28H,12-13,16H2,1-5H3. The van der Waals surface area contributed by atoms with Crippen molar-refractivity contribution >= 4 is 10.9 Å². The maximum absolute atomic E-state index is 13.7. The quantitative estimate of drug-likeness (QED) is 0.395. The van der Waals surface area contributed by atoms with E-state index in [1.807, 2.05) is 42.6 Å². The number of H-pyrrole nitrogens is 1. The Morgan fingerprint density at radius 3 is 2.50 bits per heavy atom. The van der Waals surface area contributed by atoms with Gasteiger partial charge in [-0.2, -0.15) is 0 Å². The van der Waals surface area contributed by atoms with Crippen molar-refractivity contribution in [1.29, 1.82) is 0 Å². The molecule has 4 aromatic rings. The van der Waals surface area contributed by atoms with E-state index in [-0.39, 0.29) is 11.5 Å². The van der Waals surface area contributed by atoms with E-state index in [0.717, 1.165) is 27.7 Å². The summed E-state index contributed by atoms with van der Waals surface area (Å²) in [6.07, 6.45) is 3.05. The number of benzene rings is 2. The molecule has 0 aliphatic rings. The predicted octanol–water partition coefficient (Wildman–Crippen LogP) is 4.59. The van der Waals surface area contributed by atoms with Crippen LogP contribution in [0, 0.1) is 5.92 Å². The van der Waals surface area contributed by atoms with Gasteiger partial charge in [-0.25, -0.2) is 4.98 Å². The van der Waals surface area contributed by atoms with E-state index >= 15 is 0 Å². The molecule has 0 saturated carbocycles. The highest BCUT2D eigenvalue weighted by Gasteiger charge is 2.21. The molecular weight excluding hydrogens is 430 g/mol. The molecule has 0 aliphatic carbocycles. The van der Waals surface area contributed by atoms with Crippen molar-refractivity contribution in [2.24, 2.45) is 5.92 Å². The third kappa shape index (κ3) is 4.64. The molecule has 178 valence electrons. The summed E-state index contributed by atoms with van der Waals surface area (Å²) in [5.41, 5.74) is 4.11. The Bertz CT molecular complexity index is 1350. The third-order valence-corrected chi connectivity index (χ3v) is 5.95. The Morgan fingerprint density at radius 1 is 1.00 bits per heavy atom. The Hall–Kier alpha value is -3.74. The average molecular weight is 462 g/mol. The summed E-state index contributed by atoms with van der Waals surface area (Å²) in [6.45, 7) is 4.47. The molecule has 0 aliphatic heterocycles. The largest absolute Gasteiger partial charge is 0.497 e. The molecular formula is C27H31N3O4. The fourth-order valence-corrected chi connectivity index (χ4v) is 4.26. The van der Waals surface area contributed by atoms with Crippen LogP contribution in [-0.2, 0) is 19.4 Å². The molecule has 0 atom stereocenters. The molecule has 2 heterocycles. The minimum Gasteiger partial charge on any atom is -0.497 e. The van der Waals surface area contributed by atoms with Crippen LogP contribution < -0.4 is 19.8 Å². The molecule has 4 rings (SSSR count). The molecule has 0 amide bonds. The smallest absolute Gasteiger partial charge is 0.273 e. The van der Waals surface area contributed by atoms with Crippen LogP contribution in [0.15, 0.2) is 53.5 Å². The maximum Gasteiger partial charge on any atom is 0.273 e. The number of hydrogen-bond acceptors (Lipinski definition) is 5. The van der Waals surface area contributed by atoms with Crippen LogP contribution >= 0.6 is 0 Å². The van der Waals surface area contributed by atoms with Crippen LogP contribution in [-0.4, -0.2) is 35.9 Å². The van der Waals surface area contributed by atoms with Gasteiger partial charge in [0.15, 0.2) is 0 Å². The highest BCUT2D eigenvalue weighted by atomic mass is 16.5. The fourth-order valence-electron chi connectivity index (χ4n) is 4.26. The number of fused-ring (bicyclic) bond motifs is 1. The first-order valence-corrected chi connectivity index (χ1v) is 11.4. The normalized spacial score (nSPS) is 11.2. The number of nitrogens with zero attached hydrogens (tertiary/aromatic N) is 2. The lowest BCUT2D eigenvalue weighted by atomic mass is 10.1. The van der Waals surface area contributed by atoms with Crippen molar-refractivity contribution in [1.82, 2.24) is 14.5 Å². The van der Waals surface area contributed by atoms with E-state index in [0.29, 0.717) is 42.5 Å². The molecule has 0 spiro atoms. The molecule has 0 bridgehead atoms. The van der Waals surface area contributed by atoms with E-state index < -0.39 is 0 Å². The molecule has 0 unspecified atom stereocenters. The summed E-state index contributed by atoms with van der Waals surface area (Å²) in [5.74, 6) is 2.10. The summed E-state index contributed by atoms with van der Waals surface area (Å²) >= 11 is 0. The Kier molecular flexibility index (Phi) is 6.91. The van der Waals surface area contributed by atoms with Gasteiger partial charge < -0.3 is 23.8 Å². The van der Waals surface area contributed by atoms with Crippen LogP contribution in [0.2, 0.25) is 0 Å². The molecule has 7 nitrogen and oxygen atoms in total.